The summed E-state index contributed by atoms with van der Waals surface area (Å²) in [6.45, 7) is 6.38. The van der Waals surface area contributed by atoms with Crippen LogP contribution in [0.15, 0.2) is 29.6 Å². The van der Waals surface area contributed by atoms with Gasteiger partial charge in [-0.1, -0.05) is 19.4 Å². The largest absolute Gasteiger partial charge is 0.462 e. The van der Waals surface area contributed by atoms with E-state index in [-0.39, 0.29) is 11.9 Å². The van der Waals surface area contributed by atoms with Crippen LogP contribution in [0.4, 0.5) is 5.69 Å². The van der Waals surface area contributed by atoms with E-state index in [1.165, 1.54) is 11.3 Å². The van der Waals surface area contributed by atoms with Crippen molar-refractivity contribution in [1.82, 2.24) is 9.88 Å². The van der Waals surface area contributed by atoms with Crippen molar-refractivity contribution in [2.75, 3.05) is 38.2 Å². The van der Waals surface area contributed by atoms with Crippen molar-refractivity contribution in [3.8, 4) is 0 Å². The molecule has 3 rings (SSSR count). The predicted octanol–water partition coefficient (Wildman–Crippen LogP) is 3.18. The van der Waals surface area contributed by atoms with Gasteiger partial charge in [0, 0.05) is 24.2 Å². The predicted molar refractivity (Wildman–Crippen MR) is 108 cm³/mol. The van der Waals surface area contributed by atoms with Gasteiger partial charge in [-0.3, -0.25) is 9.69 Å². The normalized spacial score (nSPS) is 14.6. The quantitative estimate of drug-likeness (QED) is 0.539. The minimum absolute atomic E-state index is 0.291. The van der Waals surface area contributed by atoms with Gasteiger partial charge in [0.25, 0.3) is 5.91 Å². The number of esters is 1. The van der Waals surface area contributed by atoms with Crippen molar-refractivity contribution >= 4 is 28.9 Å². The van der Waals surface area contributed by atoms with E-state index in [1.807, 2.05) is 6.92 Å². The molecule has 0 aliphatic carbocycles. The van der Waals surface area contributed by atoms with Crippen LogP contribution in [0.2, 0.25) is 0 Å². The first-order valence-corrected chi connectivity index (χ1v) is 10.4. The van der Waals surface area contributed by atoms with Gasteiger partial charge in [0.1, 0.15) is 10.7 Å². The number of thiazole rings is 1. The highest BCUT2D eigenvalue weighted by Crippen LogP contribution is 2.17. The second-order valence-corrected chi connectivity index (χ2v) is 7.48. The maximum absolute atomic E-state index is 12.5. The fourth-order valence-corrected chi connectivity index (χ4v) is 3.57. The van der Waals surface area contributed by atoms with Crippen LogP contribution in [0.5, 0.6) is 0 Å². The van der Waals surface area contributed by atoms with Gasteiger partial charge in [-0.2, -0.15) is 0 Å². The molecular formula is C20H25N3O4S. The van der Waals surface area contributed by atoms with Gasteiger partial charge in [-0.15, -0.1) is 11.3 Å². The molecule has 1 aromatic carbocycles. The number of morpholine rings is 1. The summed E-state index contributed by atoms with van der Waals surface area (Å²) in [5.74, 6) is -0.674. The fourth-order valence-electron chi connectivity index (χ4n) is 2.75. The molecule has 150 valence electrons. The number of carbonyl (C=O) groups is 2. The monoisotopic (exact) mass is 403 g/mol. The van der Waals surface area contributed by atoms with Gasteiger partial charge in [0.2, 0.25) is 0 Å². The Balaban J connectivity index is 1.57. The van der Waals surface area contributed by atoms with Crippen LogP contribution in [0.1, 0.15) is 45.6 Å². The second-order valence-electron chi connectivity index (χ2n) is 6.54. The van der Waals surface area contributed by atoms with E-state index in [4.69, 9.17) is 9.47 Å². The molecule has 0 atom stereocenters. The summed E-state index contributed by atoms with van der Waals surface area (Å²) in [6.07, 6.45) is 1.79. The third-order valence-corrected chi connectivity index (χ3v) is 5.17. The Hall–Kier alpha value is -2.29. The van der Waals surface area contributed by atoms with Crippen LogP contribution in [0.3, 0.4) is 0 Å². The first-order valence-electron chi connectivity index (χ1n) is 9.48. The molecule has 28 heavy (non-hydrogen) atoms. The molecule has 0 unspecified atom stereocenters. The summed E-state index contributed by atoms with van der Waals surface area (Å²) >= 11 is 1.47. The van der Waals surface area contributed by atoms with Crippen LogP contribution in [0, 0.1) is 0 Å². The average Bonchev–Trinajstić information content (AvgIpc) is 3.18. The number of hydrogen-bond donors (Lipinski definition) is 1. The van der Waals surface area contributed by atoms with Crippen molar-refractivity contribution in [2.24, 2.45) is 0 Å². The van der Waals surface area contributed by atoms with Crippen molar-refractivity contribution in [3.05, 3.63) is 45.9 Å². The number of aromatic nitrogens is 1. The lowest BCUT2D eigenvalue weighted by Gasteiger charge is -2.25. The number of rotatable bonds is 8. The Morgan fingerprint density at radius 1 is 1.32 bits per heavy atom. The van der Waals surface area contributed by atoms with Crippen LogP contribution in [-0.4, -0.2) is 54.7 Å². The zero-order chi connectivity index (χ0) is 19.8. The molecule has 1 aliphatic rings. The third kappa shape index (κ3) is 5.85. The number of nitrogens with one attached hydrogen (secondary N) is 1. The third-order valence-electron chi connectivity index (χ3n) is 4.33. The van der Waals surface area contributed by atoms with Gasteiger partial charge >= 0.3 is 5.97 Å². The molecule has 0 saturated carbocycles. The highest BCUT2D eigenvalue weighted by molar-refractivity contribution is 7.09. The van der Waals surface area contributed by atoms with Gasteiger partial charge in [0.05, 0.1) is 31.9 Å². The molecule has 8 heteroatoms. The molecule has 7 nitrogen and oxygen atoms in total. The second kappa shape index (κ2) is 10.3. The summed E-state index contributed by atoms with van der Waals surface area (Å²) in [7, 11) is 0. The lowest BCUT2D eigenvalue weighted by molar-refractivity contribution is 0.0341. The standard InChI is InChI=1S/C20H25N3O4S/c1-2-3-9-27-20(25)15-5-4-6-16(12-15)21-19(24)17-14-28-18(22-17)13-23-7-10-26-11-8-23/h4-6,12,14H,2-3,7-11,13H2,1H3,(H,21,24). The van der Waals surface area contributed by atoms with E-state index in [1.54, 1.807) is 29.6 Å². The lowest BCUT2D eigenvalue weighted by Crippen LogP contribution is -2.35. The molecule has 1 saturated heterocycles. The first-order chi connectivity index (χ1) is 13.7. The Kier molecular flexibility index (Phi) is 7.53. The van der Waals surface area contributed by atoms with E-state index in [9.17, 15) is 9.59 Å². The first kappa shape index (κ1) is 20.4. The molecule has 0 radical (unpaired) electrons. The Bertz CT molecular complexity index is 802. The van der Waals surface area contributed by atoms with Crippen molar-refractivity contribution in [3.63, 3.8) is 0 Å². The highest BCUT2D eigenvalue weighted by Gasteiger charge is 2.16. The fraction of sp³-hybridized carbons (Fsp3) is 0.450. The summed E-state index contributed by atoms with van der Waals surface area (Å²) in [4.78, 5) is 31.3. The Morgan fingerprint density at radius 2 is 2.14 bits per heavy atom. The van der Waals surface area contributed by atoms with Crippen LogP contribution < -0.4 is 5.32 Å². The van der Waals surface area contributed by atoms with E-state index in [0.29, 0.717) is 23.6 Å². The molecular weight excluding hydrogens is 378 g/mol. The molecule has 1 aliphatic heterocycles. The van der Waals surface area contributed by atoms with Crippen LogP contribution in [-0.2, 0) is 16.0 Å². The lowest BCUT2D eigenvalue weighted by atomic mass is 10.2. The number of amides is 1. The number of hydrogen-bond acceptors (Lipinski definition) is 7. The minimum Gasteiger partial charge on any atom is -0.462 e. The number of nitrogens with zero attached hydrogens (tertiary/aromatic N) is 2. The molecule has 1 aromatic heterocycles. The van der Waals surface area contributed by atoms with E-state index < -0.39 is 0 Å². The summed E-state index contributed by atoms with van der Waals surface area (Å²) in [6, 6.07) is 6.75. The number of unbranched alkanes of at least 4 members (excludes halogenated alkanes) is 1. The van der Waals surface area contributed by atoms with E-state index in [0.717, 1.165) is 50.7 Å². The molecule has 2 heterocycles. The Labute approximate surface area is 168 Å². The van der Waals surface area contributed by atoms with E-state index in [2.05, 4.69) is 15.2 Å². The molecule has 2 aromatic rings. The Morgan fingerprint density at radius 3 is 2.93 bits per heavy atom. The van der Waals surface area contributed by atoms with Gasteiger partial charge in [-0.05, 0) is 24.6 Å². The van der Waals surface area contributed by atoms with Gasteiger partial charge < -0.3 is 14.8 Å². The zero-order valence-electron chi connectivity index (χ0n) is 16.0. The number of carbonyl (C=O) groups excluding carboxylic acids is 2. The topological polar surface area (TPSA) is 80.8 Å². The highest BCUT2D eigenvalue weighted by atomic mass is 32.1. The van der Waals surface area contributed by atoms with Crippen LogP contribution in [0.25, 0.3) is 0 Å². The number of anilines is 1. The summed E-state index contributed by atoms with van der Waals surface area (Å²) in [5.41, 5.74) is 1.34. The molecule has 1 fully saturated rings. The smallest absolute Gasteiger partial charge is 0.338 e. The maximum atomic E-state index is 12.5. The molecule has 1 amide bonds. The number of benzene rings is 1. The van der Waals surface area contributed by atoms with Gasteiger partial charge in [0.15, 0.2) is 0 Å². The van der Waals surface area contributed by atoms with Crippen molar-refractivity contribution in [1.29, 1.82) is 0 Å². The minimum atomic E-state index is -0.383. The van der Waals surface area contributed by atoms with Gasteiger partial charge in [-0.25, -0.2) is 9.78 Å². The maximum Gasteiger partial charge on any atom is 0.338 e. The van der Waals surface area contributed by atoms with Crippen molar-refractivity contribution < 1.29 is 19.1 Å². The summed E-state index contributed by atoms with van der Waals surface area (Å²) < 4.78 is 10.6. The average molecular weight is 404 g/mol. The SMILES string of the molecule is CCCCOC(=O)c1cccc(NC(=O)c2csc(CN3CCOCC3)n2)c1. The molecule has 1 N–H and O–H groups in total. The van der Waals surface area contributed by atoms with E-state index >= 15 is 0 Å². The zero-order valence-corrected chi connectivity index (χ0v) is 16.8. The van der Waals surface area contributed by atoms with Crippen LogP contribution >= 0.6 is 11.3 Å². The molecule has 0 bridgehead atoms. The van der Waals surface area contributed by atoms with Crippen molar-refractivity contribution in [2.45, 2.75) is 26.3 Å². The summed E-state index contributed by atoms with van der Waals surface area (Å²) in [5, 5.41) is 5.46. The number of ether oxygens (including phenoxy) is 2. The molecule has 0 spiro atoms.